The number of carbonyl (C=O) groups excluding carboxylic acids is 1. The first-order chi connectivity index (χ1) is 14.5. The number of aliphatic hydroxyl groups is 1. The Labute approximate surface area is 178 Å². The SMILES string of the molecule is Cc1ccc(-c2nnc(C3([C@@H]4CCN(C(=O)C(C)(O)C(F)(F)F)C[C@@H]4C)CC3)o2)cc1. The monoisotopic (exact) mass is 437 g/mol. The Balaban J connectivity index is 1.49. The van der Waals surface area contributed by atoms with Gasteiger partial charge in [-0.2, -0.15) is 13.2 Å². The maximum atomic E-state index is 13.1. The summed E-state index contributed by atoms with van der Waals surface area (Å²) in [4.78, 5) is 13.5. The van der Waals surface area contributed by atoms with Crippen LogP contribution >= 0.6 is 0 Å². The van der Waals surface area contributed by atoms with Gasteiger partial charge in [0.1, 0.15) is 0 Å². The molecule has 1 saturated carbocycles. The first-order valence-electron chi connectivity index (χ1n) is 10.5. The molecule has 1 amide bonds. The molecule has 1 aliphatic carbocycles. The largest absolute Gasteiger partial charge is 0.426 e. The highest BCUT2D eigenvalue weighted by atomic mass is 19.4. The molecule has 31 heavy (non-hydrogen) atoms. The van der Waals surface area contributed by atoms with Crippen molar-refractivity contribution in [1.29, 1.82) is 0 Å². The van der Waals surface area contributed by atoms with E-state index in [2.05, 4.69) is 10.2 Å². The van der Waals surface area contributed by atoms with Gasteiger partial charge in [0.15, 0.2) is 0 Å². The molecule has 168 valence electrons. The van der Waals surface area contributed by atoms with E-state index in [4.69, 9.17) is 4.42 Å². The van der Waals surface area contributed by atoms with Gasteiger partial charge in [0.2, 0.25) is 17.4 Å². The summed E-state index contributed by atoms with van der Waals surface area (Å²) in [7, 11) is 0. The minimum atomic E-state index is -5.02. The molecule has 2 heterocycles. The second kappa shape index (κ2) is 7.32. The Kier molecular flexibility index (Phi) is 5.15. The zero-order chi connectivity index (χ0) is 22.6. The van der Waals surface area contributed by atoms with E-state index >= 15 is 0 Å². The number of amides is 1. The van der Waals surface area contributed by atoms with Crippen LogP contribution in [0.25, 0.3) is 11.5 Å². The van der Waals surface area contributed by atoms with Gasteiger partial charge in [-0.15, -0.1) is 10.2 Å². The van der Waals surface area contributed by atoms with Crippen molar-refractivity contribution in [2.24, 2.45) is 11.8 Å². The molecule has 0 radical (unpaired) electrons. The van der Waals surface area contributed by atoms with Crippen LogP contribution in [-0.4, -0.2) is 51.0 Å². The van der Waals surface area contributed by atoms with Crippen molar-refractivity contribution in [2.45, 2.75) is 57.2 Å². The third kappa shape index (κ3) is 3.73. The molecule has 2 aliphatic rings. The fraction of sp³-hybridized carbons (Fsp3) is 0.591. The second-order valence-electron chi connectivity index (χ2n) is 9.13. The average molecular weight is 437 g/mol. The van der Waals surface area contributed by atoms with Gasteiger partial charge in [-0.25, -0.2) is 0 Å². The van der Waals surface area contributed by atoms with Gasteiger partial charge in [-0.1, -0.05) is 24.6 Å². The molecule has 1 unspecified atom stereocenters. The minimum Gasteiger partial charge on any atom is -0.420 e. The molecule has 1 saturated heterocycles. The van der Waals surface area contributed by atoms with Crippen molar-refractivity contribution in [3.8, 4) is 11.5 Å². The number of benzene rings is 1. The molecule has 2 fully saturated rings. The Hall–Kier alpha value is -2.42. The highest BCUT2D eigenvalue weighted by Crippen LogP contribution is 2.58. The van der Waals surface area contributed by atoms with Crippen LogP contribution in [-0.2, 0) is 10.2 Å². The molecule has 2 aromatic rings. The van der Waals surface area contributed by atoms with Gasteiger partial charge in [0.05, 0.1) is 5.41 Å². The van der Waals surface area contributed by atoms with E-state index in [0.29, 0.717) is 25.1 Å². The number of aromatic nitrogens is 2. The standard InChI is InChI=1S/C22H26F3N3O3/c1-13-4-6-15(7-5-13)17-26-27-18(31-17)21(9-10-21)16-8-11-28(12-14(16)2)19(29)20(3,30)22(23,24)25/h4-7,14,16,30H,8-12H2,1-3H3/t14-,16+,20?/m0/s1. The van der Waals surface area contributed by atoms with Crippen LogP contribution in [0.5, 0.6) is 0 Å². The lowest BCUT2D eigenvalue weighted by Crippen LogP contribution is -2.58. The van der Waals surface area contributed by atoms with Crippen LogP contribution in [0.3, 0.4) is 0 Å². The van der Waals surface area contributed by atoms with Crippen molar-refractivity contribution >= 4 is 5.91 Å². The zero-order valence-corrected chi connectivity index (χ0v) is 17.7. The Morgan fingerprint density at radius 2 is 1.87 bits per heavy atom. The van der Waals surface area contributed by atoms with Crippen molar-refractivity contribution in [3.05, 3.63) is 35.7 Å². The van der Waals surface area contributed by atoms with E-state index in [-0.39, 0.29) is 30.3 Å². The number of hydrogen-bond donors (Lipinski definition) is 1. The number of likely N-dealkylation sites (tertiary alicyclic amines) is 1. The third-order valence-electron chi connectivity index (χ3n) is 6.81. The number of nitrogens with zero attached hydrogens (tertiary/aromatic N) is 3. The summed E-state index contributed by atoms with van der Waals surface area (Å²) < 4.78 is 45.2. The molecule has 6 nitrogen and oxygen atoms in total. The van der Waals surface area contributed by atoms with Crippen LogP contribution in [0.15, 0.2) is 28.7 Å². The molecule has 3 atom stereocenters. The summed E-state index contributed by atoms with van der Waals surface area (Å²) >= 11 is 0. The lowest BCUT2D eigenvalue weighted by molar-refractivity contribution is -0.251. The van der Waals surface area contributed by atoms with E-state index < -0.39 is 17.7 Å². The van der Waals surface area contributed by atoms with E-state index in [0.717, 1.165) is 28.9 Å². The van der Waals surface area contributed by atoms with E-state index in [9.17, 15) is 23.1 Å². The van der Waals surface area contributed by atoms with Gasteiger partial charge >= 0.3 is 6.18 Å². The lowest BCUT2D eigenvalue weighted by Gasteiger charge is -2.42. The van der Waals surface area contributed by atoms with Crippen molar-refractivity contribution in [3.63, 3.8) is 0 Å². The molecule has 0 bridgehead atoms. The van der Waals surface area contributed by atoms with Crippen molar-refractivity contribution < 1.29 is 27.5 Å². The Morgan fingerprint density at radius 1 is 1.23 bits per heavy atom. The van der Waals surface area contributed by atoms with Gasteiger partial charge in [-0.05, 0) is 57.1 Å². The first kappa shape index (κ1) is 21.8. The van der Waals surface area contributed by atoms with Gasteiger partial charge in [-0.3, -0.25) is 4.79 Å². The zero-order valence-electron chi connectivity index (χ0n) is 17.7. The number of halogens is 3. The lowest BCUT2D eigenvalue weighted by atomic mass is 9.74. The van der Waals surface area contributed by atoms with Crippen LogP contribution in [0.1, 0.15) is 44.6 Å². The summed E-state index contributed by atoms with van der Waals surface area (Å²) in [5, 5.41) is 18.3. The molecule has 1 aliphatic heterocycles. The number of aryl methyl sites for hydroxylation is 1. The van der Waals surface area contributed by atoms with Gasteiger partial charge in [0.25, 0.3) is 5.91 Å². The summed E-state index contributed by atoms with van der Waals surface area (Å²) in [6.45, 7) is 4.73. The van der Waals surface area contributed by atoms with Crippen LogP contribution < -0.4 is 0 Å². The molecule has 9 heteroatoms. The van der Waals surface area contributed by atoms with Crippen LogP contribution in [0.2, 0.25) is 0 Å². The maximum absolute atomic E-state index is 13.1. The number of carbonyl (C=O) groups is 1. The molecule has 1 N–H and O–H groups in total. The number of alkyl halides is 3. The molecule has 4 rings (SSSR count). The predicted octanol–water partition coefficient (Wildman–Crippen LogP) is 3.87. The van der Waals surface area contributed by atoms with E-state index in [1.165, 1.54) is 0 Å². The Morgan fingerprint density at radius 3 is 2.42 bits per heavy atom. The second-order valence-corrected chi connectivity index (χ2v) is 9.13. The molecule has 0 spiro atoms. The van der Waals surface area contributed by atoms with E-state index in [1.54, 1.807) is 0 Å². The fourth-order valence-electron chi connectivity index (χ4n) is 4.70. The summed E-state index contributed by atoms with van der Waals surface area (Å²) in [6, 6.07) is 7.78. The topological polar surface area (TPSA) is 79.5 Å². The smallest absolute Gasteiger partial charge is 0.420 e. The fourth-order valence-corrected chi connectivity index (χ4v) is 4.70. The minimum absolute atomic E-state index is 0.0704. The number of rotatable bonds is 4. The average Bonchev–Trinajstić information content (AvgIpc) is 3.35. The summed E-state index contributed by atoms with van der Waals surface area (Å²) in [6.07, 6.45) is -2.77. The highest BCUT2D eigenvalue weighted by molar-refractivity contribution is 5.85. The molecule has 1 aromatic carbocycles. The van der Waals surface area contributed by atoms with Crippen molar-refractivity contribution in [2.75, 3.05) is 13.1 Å². The quantitative estimate of drug-likeness (QED) is 0.786. The summed E-state index contributed by atoms with van der Waals surface area (Å²) in [5.41, 5.74) is -1.71. The van der Waals surface area contributed by atoms with Crippen LogP contribution in [0.4, 0.5) is 13.2 Å². The number of hydrogen-bond acceptors (Lipinski definition) is 5. The predicted molar refractivity (Wildman–Crippen MR) is 106 cm³/mol. The Bertz CT molecular complexity index is 964. The maximum Gasteiger partial charge on any atom is 0.426 e. The third-order valence-corrected chi connectivity index (χ3v) is 6.81. The normalized spacial score (nSPS) is 25.2. The van der Waals surface area contributed by atoms with Crippen molar-refractivity contribution in [1.82, 2.24) is 15.1 Å². The molecular formula is C22H26F3N3O3. The summed E-state index contributed by atoms with van der Waals surface area (Å²) in [5.74, 6) is -0.253. The van der Waals surface area contributed by atoms with Crippen LogP contribution in [0, 0.1) is 18.8 Å². The van der Waals surface area contributed by atoms with Gasteiger partial charge in [0, 0.05) is 18.7 Å². The molecule has 1 aromatic heterocycles. The molecular weight excluding hydrogens is 411 g/mol. The highest BCUT2D eigenvalue weighted by Gasteiger charge is 2.60. The van der Waals surface area contributed by atoms with Gasteiger partial charge < -0.3 is 14.4 Å². The number of piperidine rings is 1. The first-order valence-corrected chi connectivity index (χ1v) is 10.5. The van der Waals surface area contributed by atoms with E-state index in [1.807, 2.05) is 38.1 Å².